The minimum Gasteiger partial charge on any atom is -0.355 e. The fourth-order valence-electron chi connectivity index (χ4n) is 2.13. The average Bonchev–Trinajstić information content (AvgIpc) is 2.68. The second-order valence-corrected chi connectivity index (χ2v) is 4.25. The van der Waals surface area contributed by atoms with E-state index < -0.39 is 0 Å². The summed E-state index contributed by atoms with van der Waals surface area (Å²) in [6.45, 7) is 2.86. The average molecular weight is 222 g/mol. The van der Waals surface area contributed by atoms with Crippen LogP contribution in [0.1, 0.15) is 31.5 Å². The number of carbonyl (C=O) groups is 1. The monoisotopic (exact) mass is 222 g/mol. The normalized spacial score (nSPS) is 22.9. The maximum Gasteiger partial charge on any atom is 0.237 e. The highest BCUT2D eigenvalue weighted by Crippen LogP contribution is 2.13. The van der Waals surface area contributed by atoms with E-state index in [9.17, 15) is 4.79 Å². The highest BCUT2D eigenvalue weighted by Gasteiger charge is 2.24. The molecular weight excluding hydrogens is 204 g/mol. The van der Waals surface area contributed by atoms with E-state index in [2.05, 4.69) is 22.7 Å². The molecule has 1 aliphatic rings. The molecule has 88 valence electrons. The van der Waals surface area contributed by atoms with Crippen molar-refractivity contribution in [3.8, 4) is 0 Å². The summed E-state index contributed by atoms with van der Waals surface area (Å²) in [6, 6.07) is 2.04. The van der Waals surface area contributed by atoms with E-state index in [1.54, 1.807) is 6.20 Å². The first-order valence-electron chi connectivity index (χ1n) is 5.70. The Morgan fingerprint density at radius 2 is 2.50 bits per heavy atom. The maximum atomic E-state index is 11.6. The van der Waals surface area contributed by atoms with Crippen LogP contribution in [0.3, 0.4) is 0 Å². The Morgan fingerprint density at radius 1 is 1.69 bits per heavy atom. The van der Waals surface area contributed by atoms with E-state index in [1.807, 2.05) is 17.8 Å². The third-order valence-electron chi connectivity index (χ3n) is 3.04. The summed E-state index contributed by atoms with van der Waals surface area (Å²) in [5.41, 5.74) is 1.10. The predicted octanol–water partition coefficient (Wildman–Crippen LogP) is 0.349. The molecular formula is C11H18N4O. The quantitative estimate of drug-likeness (QED) is 0.776. The molecule has 1 aromatic rings. The van der Waals surface area contributed by atoms with Crippen molar-refractivity contribution in [1.82, 2.24) is 20.4 Å². The largest absolute Gasteiger partial charge is 0.355 e. The van der Waals surface area contributed by atoms with Gasteiger partial charge in [-0.25, -0.2) is 0 Å². The summed E-state index contributed by atoms with van der Waals surface area (Å²) < 4.78 is 1.83. The number of nitrogens with one attached hydrogen (secondary N) is 2. The van der Waals surface area contributed by atoms with Crippen LogP contribution >= 0.6 is 0 Å². The van der Waals surface area contributed by atoms with Gasteiger partial charge in [0, 0.05) is 25.8 Å². The lowest BCUT2D eigenvalue weighted by atomic mass is 10.1. The lowest BCUT2D eigenvalue weighted by molar-refractivity contribution is -0.124. The number of carbonyl (C=O) groups excluding carboxylic acids is 1. The van der Waals surface area contributed by atoms with Crippen molar-refractivity contribution in [2.75, 3.05) is 6.54 Å². The van der Waals surface area contributed by atoms with Crippen LogP contribution in [-0.2, 0) is 11.8 Å². The minimum absolute atomic E-state index is 0.0707. The molecule has 2 heterocycles. The number of amides is 1. The molecule has 1 fully saturated rings. The topological polar surface area (TPSA) is 58.9 Å². The van der Waals surface area contributed by atoms with Gasteiger partial charge in [-0.05, 0) is 25.8 Å². The zero-order valence-electron chi connectivity index (χ0n) is 9.73. The van der Waals surface area contributed by atoms with Gasteiger partial charge in [-0.15, -0.1) is 0 Å². The van der Waals surface area contributed by atoms with Gasteiger partial charge >= 0.3 is 0 Å². The fraction of sp³-hybridized carbons (Fsp3) is 0.636. The molecule has 5 heteroatoms. The van der Waals surface area contributed by atoms with Crippen LogP contribution in [0.2, 0.25) is 0 Å². The second kappa shape index (κ2) is 4.65. The molecule has 0 saturated carbocycles. The van der Waals surface area contributed by atoms with E-state index >= 15 is 0 Å². The van der Waals surface area contributed by atoms with Gasteiger partial charge in [0.1, 0.15) is 0 Å². The van der Waals surface area contributed by atoms with Crippen LogP contribution in [-0.4, -0.2) is 28.3 Å². The first kappa shape index (κ1) is 11.1. The van der Waals surface area contributed by atoms with Crippen molar-refractivity contribution >= 4 is 5.91 Å². The van der Waals surface area contributed by atoms with Crippen molar-refractivity contribution in [3.63, 3.8) is 0 Å². The summed E-state index contributed by atoms with van der Waals surface area (Å²) in [6.07, 6.45) is 3.73. The number of rotatable bonds is 3. The highest BCUT2D eigenvalue weighted by atomic mass is 16.2. The number of piperidine rings is 1. The SMILES string of the molecule is CC(NC1CCCNC1=O)c1ccnn1C. The maximum absolute atomic E-state index is 11.6. The number of aryl methyl sites for hydroxylation is 1. The van der Waals surface area contributed by atoms with E-state index in [4.69, 9.17) is 0 Å². The van der Waals surface area contributed by atoms with Crippen LogP contribution in [0.15, 0.2) is 12.3 Å². The van der Waals surface area contributed by atoms with Gasteiger partial charge in [-0.2, -0.15) is 5.10 Å². The first-order chi connectivity index (χ1) is 7.68. The Kier molecular flexibility index (Phi) is 3.24. The third kappa shape index (κ3) is 2.24. The van der Waals surface area contributed by atoms with Gasteiger partial charge in [-0.1, -0.05) is 0 Å². The van der Waals surface area contributed by atoms with E-state index in [-0.39, 0.29) is 18.0 Å². The molecule has 0 radical (unpaired) electrons. The molecule has 2 atom stereocenters. The molecule has 0 bridgehead atoms. The number of hydrogen-bond donors (Lipinski definition) is 2. The molecule has 0 spiro atoms. The first-order valence-corrected chi connectivity index (χ1v) is 5.70. The third-order valence-corrected chi connectivity index (χ3v) is 3.04. The number of nitrogens with zero attached hydrogens (tertiary/aromatic N) is 2. The standard InChI is InChI=1S/C11H18N4O/c1-8(10-5-7-13-15(10)2)14-9-4-3-6-12-11(9)16/h5,7-9,14H,3-4,6H2,1-2H3,(H,12,16). The predicted molar refractivity (Wildman–Crippen MR) is 60.8 cm³/mol. The molecule has 1 saturated heterocycles. The Bertz CT molecular complexity index is 374. The van der Waals surface area contributed by atoms with Gasteiger partial charge < -0.3 is 5.32 Å². The van der Waals surface area contributed by atoms with Gasteiger partial charge in [0.2, 0.25) is 5.91 Å². The molecule has 2 N–H and O–H groups in total. The molecule has 0 aliphatic carbocycles. The van der Waals surface area contributed by atoms with Gasteiger partial charge in [0.05, 0.1) is 11.7 Å². The van der Waals surface area contributed by atoms with Crippen LogP contribution in [0.4, 0.5) is 0 Å². The van der Waals surface area contributed by atoms with Crippen molar-refractivity contribution < 1.29 is 4.79 Å². The van der Waals surface area contributed by atoms with Crippen LogP contribution in [0.5, 0.6) is 0 Å². The molecule has 2 unspecified atom stereocenters. The highest BCUT2D eigenvalue weighted by molar-refractivity contribution is 5.82. The van der Waals surface area contributed by atoms with E-state index in [0.29, 0.717) is 0 Å². The lowest BCUT2D eigenvalue weighted by Crippen LogP contribution is -2.49. The molecule has 5 nitrogen and oxygen atoms in total. The van der Waals surface area contributed by atoms with Crippen LogP contribution in [0.25, 0.3) is 0 Å². The molecule has 0 aromatic carbocycles. The summed E-state index contributed by atoms with van der Waals surface area (Å²) in [5, 5.41) is 10.3. The second-order valence-electron chi connectivity index (χ2n) is 4.25. The Hall–Kier alpha value is -1.36. The molecule has 2 rings (SSSR count). The van der Waals surface area contributed by atoms with Crippen LogP contribution < -0.4 is 10.6 Å². The van der Waals surface area contributed by atoms with Gasteiger partial charge in [0.15, 0.2) is 0 Å². The zero-order valence-corrected chi connectivity index (χ0v) is 9.73. The van der Waals surface area contributed by atoms with E-state index in [1.165, 1.54) is 0 Å². The van der Waals surface area contributed by atoms with Crippen LogP contribution in [0, 0.1) is 0 Å². The van der Waals surface area contributed by atoms with E-state index in [0.717, 1.165) is 25.1 Å². The van der Waals surface area contributed by atoms with Gasteiger partial charge in [0.25, 0.3) is 0 Å². The van der Waals surface area contributed by atoms with Crippen molar-refractivity contribution in [2.24, 2.45) is 7.05 Å². The van der Waals surface area contributed by atoms with Crippen molar-refractivity contribution in [1.29, 1.82) is 0 Å². The molecule has 1 amide bonds. The summed E-state index contributed by atoms with van der Waals surface area (Å²) in [4.78, 5) is 11.6. The van der Waals surface area contributed by atoms with Crippen molar-refractivity contribution in [2.45, 2.75) is 31.8 Å². The Morgan fingerprint density at radius 3 is 3.12 bits per heavy atom. The molecule has 16 heavy (non-hydrogen) atoms. The molecule has 1 aromatic heterocycles. The fourth-order valence-corrected chi connectivity index (χ4v) is 2.13. The summed E-state index contributed by atoms with van der Waals surface area (Å²) in [5.74, 6) is 0.111. The Labute approximate surface area is 95.2 Å². The number of hydrogen-bond acceptors (Lipinski definition) is 3. The lowest BCUT2D eigenvalue weighted by Gasteiger charge is -2.26. The minimum atomic E-state index is -0.0707. The Balaban J connectivity index is 1.99. The molecule has 1 aliphatic heterocycles. The number of aromatic nitrogens is 2. The summed E-state index contributed by atoms with van der Waals surface area (Å²) >= 11 is 0. The smallest absolute Gasteiger partial charge is 0.237 e. The summed E-state index contributed by atoms with van der Waals surface area (Å²) in [7, 11) is 1.91. The zero-order chi connectivity index (χ0) is 11.5. The van der Waals surface area contributed by atoms with Gasteiger partial charge in [-0.3, -0.25) is 14.8 Å². The van der Waals surface area contributed by atoms with Crippen molar-refractivity contribution in [3.05, 3.63) is 18.0 Å².